The highest BCUT2D eigenvalue weighted by Crippen LogP contribution is 2.22. The minimum absolute atomic E-state index is 0. The number of hydrogen-bond donors (Lipinski definition) is 3. The van der Waals surface area contributed by atoms with Gasteiger partial charge >= 0.3 is 0 Å². The van der Waals surface area contributed by atoms with Crippen molar-refractivity contribution >= 4 is 40.0 Å². The van der Waals surface area contributed by atoms with E-state index in [1.54, 1.807) is 37.4 Å². The van der Waals surface area contributed by atoms with Gasteiger partial charge < -0.3 is 15.2 Å². The Hall–Kier alpha value is -1.66. The van der Waals surface area contributed by atoms with E-state index in [9.17, 15) is 8.42 Å². The summed E-state index contributed by atoms with van der Waals surface area (Å²) in [6.07, 6.45) is 2.05. The molecule has 10 heteroatoms. The molecule has 0 amide bonds. The quantitative estimate of drug-likeness (QED) is 0.187. The van der Waals surface area contributed by atoms with E-state index < -0.39 is 10.0 Å². The lowest BCUT2D eigenvalue weighted by Gasteiger charge is -2.11. The molecule has 0 aliphatic carbocycles. The summed E-state index contributed by atoms with van der Waals surface area (Å²) in [4.78, 5) is 4.37. The lowest BCUT2D eigenvalue weighted by Crippen LogP contribution is -2.41. The zero-order valence-corrected chi connectivity index (χ0v) is 20.2. The fourth-order valence-electron chi connectivity index (χ4n) is 2.75. The van der Waals surface area contributed by atoms with E-state index in [1.165, 1.54) is 0 Å². The molecule has 8 nitrogen and oxygen atoms in total. The van der Waals surface area contributed by atoms with Gasteiger partial charge in [0.2, 0.25) is 10.0 Å². The van der Waals surface area contributed by atoms with Crippen LogP contribution in [0.1, 0.15) is 44.1 Å². The van der Waals surface area contributed by atoms with E-state index in [-0.39, 0.29) is 35.4 Å². The van der Waals surface area contributed by atoms with E-state index in [0.717, 1.165) is 24.3 Å². The van der Waals surface area contributed by atoms with Crippen LogP contribution in [0.25, 0.3) is 0 Å². The highest BCUT2D eigenvalue weighted by molar-refractivity contribution is 14.0. The van der Waals surface area contributed by atoms with E-state index in [1.807, 2.05) is 6.07 Å². The molecule has 1 heterocycles. The summed E-state index contributed by atoms with van der Waals surface area (Å²) in [5.41, 5.74) is 0.972. The van der Waals surface area contributed by atoms with Gasteiger partial charge in [-0.1, -0.05) is 37.2 Å². The predicted octanol–water partition coefficient (Wildman–Crippen LogP) is 2.84. The van der Waals surface area contributed by atoms with Gasteiger partial charge in [-0.05, 0) is 25.0 Å². The van der Waals surface area contributed by atoms with Crippen molar-refractivity contribution in [2.45, 2.75) is 44.0 Å². The molecule has 0 spiro atoms. The normalized spacial score (nSPS) is 11.9. The van der Waals surface area contributed by atoms with E-state index in [2.05, 4.69) is 39.4 Å². The van der Waals surface area contributed by atoms with Crippen LogP contribution in [0.2, 0.25) is 0 Å². The highest BCUT2D eigenvalue weighted by Gasteiger charge is 2.14. The van der Waals surface area contributed by atoms with Gasteiger partial charge in [0, 0.05) is 32.1 Å². The Labute approximate surface area is 190 Å². The molecular formula is C19H30IN5O3S. The molecule has 0 atom stereocenters. The number of aliphatic imine (C=N–C) groups is 1. The maximum atomic E-state index is 12.2. The lowest BCUT2D eigenvalue weighted by molar-refractivity contribution is 0.368. The largest absolute Gasteiger partial charge is 0.359 e. The molecule has 0 radical (unpaired) electrons. The SMILES string of the molecule is CCC(CC)c1cc(CNC(=NC)NCCNS(=O)(=O)c2ccccc2)on1.I. The predicted molar refractivity (Wildman–Crippen MR) is 125 cm³/mol. The zero-order chi connectivity index (χ0) is 20.4. The Bertz CT molecular complexity index is 852. The summed E-state index contributed by atoms with van der Waals surface area (Å²) in [5, 5.41) is 10.3. The molecule has 29 heavy (non-hydrogen) atoms. The lowest BCUT2D eigenvalue weighted by atomic mass is 9.99. The number of benzene rings is 1. The first kappa shape index (κ1) is 25.4. The molecule has 0 aliphatic heterocycles. The molecule has 0 bridgehead atoms. The summed E-state index contributed by atoms with van der Waals surface area (Å²) in [5.74, 6) is 1.70. The van der Waals surface area contributed by atoms with Gasteiger partial charge in [0.15, 0.2) is 11.7 Å². The van der Waals surface area contributed by atoms with Gasteiger partial charge in [0.05, 0.1) is 17.1 Å². The van der Waals surface area contributed by atoms with Crippen molar-refractivity contribution in [3.05, 3.63) is 47.9 Å². The van der Waals surface area contributed by atoms with Gasteiger partial charge in [-0.3, -0.25) is 4.99 Å². The second-order valence-electron chi connectivity index (χ2n) is 6.29. The molecular weight excluding hydrogens is 505 g/mol. The summed E-state index contributed by atoms with van der Waals surface area (Å²) < 4.78 is 32.3. The van der Waals surface area contributed by atoms with Crippen molar-refractivity contribution in [2.24, 2.45) is 4.99 Å². The fourth-order valence-corrected chi connectivity index (χ4v) is 3.81. The smallest absolute Gasteiger partial charge is 0.240 e. The maximum Gasteiger partial charge on any atom is 0.240 e. The number of nitrogens with one attached hydrogen (secondary N) is 3. The Balaban J connectivity index is 0.00000420. The summed E-state index contributed by atoms with van der Waals surface area (Å²) >= 11 is 0. The number of guanidine groups is 1. The third kappa shape index (κ3) is 7.94. The summed E-state index contributed by atoms with van der Waals surface area (Å²) in [6, 6.07) is 10.2. The van der Waals surface area contributed by atoms with Crippen LogP contribution in [0.15, 0.2) is 50.8 Å². The molecule has 1 aromatic heterocycles. The topological polar surface area (TPSA) is 109 Å². The average molecular weight is 535 g/mol. The first-order chi connectivity index (χ1) is 13.5. The first-order valence-corrected chi connectivity index (χ1v) is 10.9. The van der Waals surface area contributed by atoms with Crippen molar-refractivity contribution in [3.8, 4) is 0 Å². The maximum absolute atomic E-state index is 12.2. The van der Waals surface area contributed by atoms with Crippen LogP contribution in [0.4, 0.5) is 0 Å². The molecule has 0 unspecified atom stereocenters. The highest BCUT2D eigenvalue weighted by atomic mass is 127. The molecule has 0 aliphatic rings. The number of halogens is 1. The van der Waals surface area contributed by atoms with Crippen LogP contribution in [0.5, 0.6) is 0 Å². The molecule has 2 aromatic rings. The Morgan fingerprint density at radius 2 is 1.83 bits per heavy atom. The fraction of sp³-hybridized carbons (Fsp3) is 0.474. The average Bonchev–Trinajstić information content (AvgIpc) is 3.18. The second kappa shape index (κ2) is 12.8. The van der Waals surface area contributed by atoms with Crippen LogP contribution in [-0.2, 0) is 16.6 Å². The van der Waals surface area contributed by atoms with Crippen molar-refractivity contribution in [1.82, 2.24) is 20.5 Å². The zero-order valence-electron chi connectivity index (χ0n) is 17.0. The molecule has 2 rings (SSSR count). The molecule has 0 saturated carbocycles. The van der Waals surface area contributed by atoms with Gasteiger partial charge in [-0.15, -0.1) is 24.0 Å². The molecule has 162 valence electrons. The van der Waals surface area contributed by atoms with Crippen LogP contribution in [0.3, 0.4) is 0 Å². The Morgan fingerprint density at radius 1 is 1.14 bits per heavy atom. The van der Waals surface area contributed by atoms with Gasteiger partial charge in [0.25, 0.3) is 0 Å². The summed E-state index contributed by atoms with van der Waals surface area (Å²) in [7, 11) is -1.85. The first-order valence-electron chi connectivity index (χ1n) is 9.44. The molecule has 0 fully saturated rings. The van der Waals surface area contributed by atoms with Crippen molar-refractivity contribution in [2.75, 3.05) is 20.1 Å². The van der Waals surface area contributed by atoms with Crippen LogP contribution >= 0.6 is 24.0 Å². The Morgan fingerprint density at radius 3 is 2.45 bits per heavy atom. The third-order valence-corrected chi connectivity index (χ3v) is 5.87. The monoisotopic (exact) mass is 535 g/mol. The van der Waals surface area contributed by atoms with E-state index >= 15 is 0 Å². The molecule has 1 aromatic carbocycles. The van der Waals surface area contributed by atoms with Gasteiger partial charge in [0.1, 0.15) is 0 Å². The van der Waals surface area contributed by atoms with Crippen LogP contribution < -0.4 is 15.4 Å². The van der Waals surface area contributed by atoms with Gasteiger partial charge in [-0.25, -0.2) is 13.1 Å². The van der Waals surface area contributed by atoms with Gasteiger partial charge in [-0.2, -0.15) is 0 Å². The number of nitrogens with zero attached hydrogens (tertiary/aromatic N) is 2. The van der Waals surface area contributed by atoms with Crippen molar-refractivity contribution < 1.29 is 12.9 Å². The van der Waals surface area contributed by atoms with Crippen LogP contribution in [0, 0.1) is 0 Å². The minimum atomic E-state index is -3.50. The minimum Gasteiger partial charge on any atom is -0.359 e. The summed E-state index contributed by atoms with van der Waals surface area (Å²) in [6.45, 7) is 5.35. The van der Waals surface area contributed by atoms with Crippen molar-refractivity contribution in [3.63, 3.8) is 0 Å². The number of aromatic nitrogens is 1. The van der Waals surface area contributed by atoms with E-state index in [4.69, 9.17) is 4.52 Å². The number of rotatable bonds is 10. The second-order valence-corrected chi connectivity index (χ2v) is 8.06. The van der Waals surface area contributed by atoms with E-state index in [0.29, 0.717) is 25.0 Å². The number of hydrogen-bond acceptors (Lipinski definition) is 5. The number of sulfonamides is 1. The third-order valence-electron chi connectivity index (χ3n) is 4.40. The standard InChI is InChI=1S/C19H29N5O3S.HI/c1-4-15(5-2)18-13-16(27-24-18)14-22-19(20-3)21-11-12-23-28(25,26)17-9-7-6-8-10-17;/h6-10,13,15,23H,4-5,11-12,14H2,1-3H3,(H2,20,21,22);1H. The van der Waals surface area contributed by atoms with Crippen molar-refractivity contribution in [1.29, 1.82) is 0 Å². The Kier molecular flexibility index (Phi) is 11.2. The molecule has 0 saturated heterocycles. The molecule has 3 N–H and O–H groups in total. The van der Waals surface area contributed by atoms with Crippen LogP contribution in [-0.4, -0.2) is 39.7 Å².